The van der Waals surface area contributed by atoms with Crippen molar-refractivity contribution >= 4 is 12.3 Å². The van der Waals surface area contributed by atoms with Crippen LogP contribution in [0.2, 0.25) is 0 Å². The van der Waals surface area contributed by atoms with Gasteiger partial charge in [0.15, 0.2) is 11.5 Å². The summed E-state index contributed by atoms with van der Waals surface area (Å²) in [6, 6.07) is 4.77. The van der Waals surface area contributed by atoms with Crippen LogP contribution in [0, 0.1) is 0 Å². The van der Waals surface area contributed by atoms with E-state index in [9.17, 15) is 9.90 Å². The lowest BCUT2D eigenvalue weighted by Crippen LogP contribution is -2.29. The van der Waals surface area contributed by atoms with Crippen molar-refractivity contribution in [2.24, 2.45) is 5.10 Å². The molecule has 1 aromatic rings. The fourth-order valence-corrected chi connectivity index (χ4v) is 1.25. The van der Waals surface area contributed by atoms with Gasteiger partial charge in [0, 0.05) is 0 Å². The quantitative estimate of drug-likeness (QED) is 0.649. The highest BCUT2D eigenvalue weighted by molar-refractivity contribution is 5.82. The first kappa shape index (κ1) is 14.8. The zero-order valence-electron chi connectivity index (χ0n) is 11.4. The third-order valence-electron chi connectivity index (χ3n) is 1.97. The van der Waals surface area contributed by atoms with Crippen LogP contribution >= 0.6 is 0 Å². The minimum Gasteiger partial charge on any atom is -0.504 e. The van der Waals surface area contributed by atoms with Crippen LogP contribution in [0.25, 0.3) is 0 Å². The van der Waals surface area contributed by atoms with Gasteiger partial charge in [-0.3, -0.25) is 0 Å². The average Bonchev–Trinajstić information content (AvgIpc) is 2.26. The SMILES string of the molecule is COc1ccc(/C=N/NC(=O)OC(C)(C)C)cc1O. The van der Waals surface area contributed by atoms with Crippen LogP contribution in [0.15, 0.2) is 23.3 Å². The van der Waals surface area contributed by atoms with E-state index in [1.165, 1.54) is 19.4 Å². The van der Waals surface area contributed by atoms with E-state index in [1.807, 2.05) is 0 Å². The molecule has 19 heavy (non-hydrogen) atoms. The molecule has 0 aliphatic heterocycles. The molecule has 0 bridgehead atoms. The summed E-state index contributed by atoms with van der Waals surface area (Å²) in [6.45, 7) is 5.29. The molecule has 1 amide bonds. The molecule has 0 aromatic heterocycles. The molecule has 0 aliphatic rings. The predicted molar refractivity (Wildman–Crippen MR) is 71.6 cm³/mol. The topological polar surface area (TPSA) is 80.2 Å². The second-order valence-corrected chi connectivity index (χ2v) is 4.80. The van der Waals surface area contributed by atoms with Gasteiger partial charge in [0.05, 0.1) is 13.3 Å². The number of aromatic hydroxyl groups is 1. The second-order valence-electron chi connectivity index (χ2n) is 4.80. The number of ether oxygens (including phenoxy) is 2. The number of phenols is 1. The Bertz CT molecular complexity index is 478. The Hall–Kier alpha value is -2.24. The van der Waals surface area contributed by atoms with E-state index in [0.29, 0.717) is 11.3 Å². The maximum absolute atomic E-state index is 11.3. The molecule has 0 saturated heterocycles. The lowest BCUT2D eigenvalue weighted by atomic mass is 10.2. The summed E-state index contributed by atoms with van der Waals surface area (Å²) in [7, 11) is 1.47. The monoisotopic (exact) mass is 266 g/mol. The second kappa shape index (κ2) is 6.08. The van der Waals surface area contributed by atoms with Gasteiger partial charge in [-0.2, -0.15) is 5.10 Å². The van der Waals surface area contributed by atoms with Gasteiger partial charge in [-0.25, -0.2) is 10.2 Å². The van der Waals surface area contributed by atoms with Crippen molar-refractivity contribution in [3.05, 3.63) is 23.8 Å². The molecule has 0 fully saturated rings. The van der Waals surface area contributed by atoms with Crippen molar-refractivity contribution in [2.45, 2.75) is 26.4 Å². The average molecular weight is 266 g/mol. The third-order valence-corrected chi connectivity index (χ3v) is 1.97. The molecule has 0 aliphatic carbocycles. The fraction of sp³-hybridized carbons (Fsp3) is 0.385. The number of hydrazone groups is 1. The number of amides is 1. The summed E-state index contributed by atoms with van der Waals surface area (Å²) in [6.07, 6.45) is 0.754. The largest absolute Gasteiger partial charge is 0.504 e. The Balaban J connectivity index is 2.58. The zero-order chi connectivity index (χ0) is 14.5. The molecule has 0 saturated carbocycles. The van der Waals surface area contributed by atoms with Crippen LogP contribution in [0.5, 0.6) is 11.5 Å². The first-order chi connectivity index (χ1) is 8.81. The molecule has 6 heteroatoms. The van der Waals surface area contributed by atoms with Gasteiger partial charge in [0.25, 0.3) is 0 Å². The van der Waals surface area contributed by atoms with E-state index in [-0.39, 0.29) is 5.75 Å². The number of hydrogen-bond donors (Lipinski definition) is 2. The molecule has 6 nitrogen and oxygen atoms in total. The smallest absolute Gasteiger partial charge is 0.428 e. The van der Waals surface area contributed by atoms with Gasteiger partial charge in [0.1, 0.15) is 5.60 Å². The summed E-state index contributed by atoms with van der Waals surface area (Å²) in [5.41, 5.74) is 2.28. The van der Waals surface area contributed by atoms with Crippen LogP contribution in [-0.2, 0) is 4.74 Å². The minimum atomic E-state index is -0.638. The molecule has 0 spiro atoms. The van der Waals surface area contributed by atoms with E-state index in [4.69, 9.17) is 9.47 Å². The van der Waals surface area contributed by atoms with Crippen molar-refractivity contribution in [3.63, 3.8) is 0 Å². The molecular weight excluding hydrogens is 248 g/mol. The fourth-order valence-electron chi connectivity index (χ4n) is 1.25. The number of benzene rings is 1. The van der Waals surface area contributed by atoms with Crippen LogP contribution in [-0.4, -0.2) is 30.1 Å². The van der Waals surface area contributed by atoms with Gasteiger partial charge < -0.3 is 14.6 Å². The number of phenolic OH excluding ortho intramolecular Hbond substituents is 1. The van der Waals surface area contributed by atoms with Crippen LogP contribution < -0.4 is 10.2 Å². The highest BCUT2D eigenvalue weighted by Gasteiger charge is 2.15. The maximum Gasteiger partial charge on any atom is 0.428 e. The standard InChI is InChI=1S/C13H18N2O4/c1-13(2,3)19-12(17)15-14-8-9-5-6-11(18-4)10(16)7-9/h5-8,16H,1-4H3,(H,15,17)/b14-8+. The van der Waals surface area contributed by atoms with Gasteiger partial charge in [-0.15, -0.1) is 0 Å². The molecule has 1 rings (SSSR count). The van der Waals surface area contributed by atoms with E-state index >= 15 is 0 Å². The van der Waals surface area contributed by atoms with Crippen LogP contribution in [0.3, 0.4) is 0 Å². The molecule has 0 unspecified atom stereocenters. The molecule has 1 aromatic carbocycles. The first-order valence-corrected chi connectivity index (χ1v) is 5.71. The molecule has 0 heterocycles. The van der Waals surface area contributed by atoms with Crippen molar-refractivity contribution < 1.29 is 19.4 Å². The van der Waals surface area contributed by atoms with E-state index in [0.717, 1.165) is 0 Å². The van der Waals surface area contributed by atoms with E-state index in [1.54, 1.807) is 32.9 Å². The van der Waals surface area contributed by atoms with Gasteiger partial charge in [0.2, 0.25) is 0 Å². The summed E-state index contributed by atoms with van der Waals surface area (Å²) < 4.78 is 9.92. The normalized spacial score (nSPS) is 11.4. The van der Waals surface area contributed by atoms with Gasteiger partial charge >= 0.3 is 6.09 Å². The molecular formula is C13H18N2O4. The third kappa shape index (κ3) is 5.29. The number of nitrogens with zero attached hydrogens (tertiary/aromatic N) is 1. The van der Waals surface area contributed by atoms with Gasteiger partial charge in [-0.05, 0) is 44.5 Å². The van der Waals surface area contributed by atoms with Gasteiger partial charge in [-0.1, -0.05) is 0 Å². The van der Waals surface area contributed by atoms with E-state index < -0.39 is 11.7 Å². The van der Waals surface area contributed by atoms with Crippen LogP contribution in [0.4, 0.5) is 4.79 Å². The van der Waals surface area contributed by atoms with Crippen LogP contribution in [0.1, 0.15) is 26.3 Å². The highest BCUT2D eigenvalue weighted by Crippen LogP contribution is 2.25. The number of rotatable bonds is 3. The number of carbonyl (C=O) groups excluding carboxylic acids is 1. The minimum absolute atomic E-state index is 0.00344. The highest BCUT2D eigenvalue weighted by atomic mass is 16.6. The zero-order valence-corrected chi connectivity index (χ0v) is 11.4. The maximum atomic E-state index is 11.3. The summed E-state index contributed by atoms with van der Waals surface area (Å²) in [5, 5.41) is 13.3. The first-order valence-electron chi connectivity index (χ1n) is 5.71. The number of hydrogen-bond acceptors (Lipinski definition) is 5. The Morgan fingerprint density at radius 3 is 2.63 bits per heavy atom. The van der Waals surface area contributed by atoms with Crippen molar-refractivity contribution in [3.8, 4) is 11.5 Å². The lowest BCUT2D eigenvalue weighted by molar-refractivity contribution is 0.0529. The Labute approximate surface area is 112 Å². The predicted octanol–water partition coefficient (Wildman–Crippen LogP) is 2.26. The molecule has 0 atom stereocenters. The Morgan fingerprint density at radius 1 is 1.42 bits per heavy atom. The summed E-state index contributed by atoms with van der Waals surface area (Å²) in [4.78, 5) is 11.3. The van der Waals surface area contributed by atoms with Crippen molar-refractivity contribution in [1.82, 2.24) is 5.43 Å². The number of methoxy groups -OCH3 is 1. The number of nitrogens with one attached hydrogen (secondary N) is 1. The summed E-state index contributed by atoms with van der Waals surface area (Å²) >= 11 is 0. The lowest BCUT2D eigenvalue weighted by Gasteiger charge is -2.18. The van der Waals surface area contributed by atoms with E-state index in [2.05, 4.69) is 10.5 Å². The molecule has 2 N–H and O–H groups in total. The molecule has 0 radical (unpaired) electrons. The summed E-state index contributed by atoms with van der Waals surface area (Å²) in [5.74, 6) is 0.376. The molecule has 104 valence electrons. The Morgan fingerprint density at radius 2 is 2.11 bits per heavy atom. The van der Waals surface area contributed by atoms with Crippen molar-refractivity contribution in [2.75, 3.05) is 7.11 Å². The number of carbonyl (C=O) groups is 1. The van der Waals surface area contributed by atoms with Crippen molar-refractivity contribution in [1.29, 1.82) is 0 Å². The Kier molecular flexibility index (Phi) is 4.74.